The van der Waals surface area contributed by atoms with Gasteiger partial charge in [-0.25, -0.2) is 4.79 Å². The van der Waals surface area contributed by atoms with E-state index in [1.165, 1.54) is 7.11 Å². The highest BCUT2D eigenvalue weighted by atomic mass is 16.5. The number of aliphatic hydroxyl groups excluding tert-OH is 1. The number of nitrogens with zero attached hydrogens (tertiary/aromatic N) is 2. The van der Waals surface area contributed by atoms with Crippen LogP contribution in [0.25, 0.3) is 11.4 Å². The van der Waals surface area contributed by atoms with Gasteiger partial charge in [-0.3, -0.25) is 9.97 Å². The number of pyridine rings is 2. The van der Waals surface area contributed by atoms with Gasteiger partial charge in [0.05, 0.1) is 30.1 Å². The predicted octanol–water partition coefficient (Wildman–Crippen LogP) is 3.13. The molecule has 130 valence electrons. The van der Waals surface area contributed by atoms with Gasteiger partial charge in [-0.15, -0.1) is 0 Å². The van der Waals surface area contributed by atoms with Gasteiger partial charge < -0.3 is 15.2 Å². The van der Waals surface area contributed by atoms with E-state index in [-0.39, 0.29) is 12.0 Å². The normalized spacial score (nSPS) is 17.8. The standard InChI is InChI=1S/C20H17N3O3/c1-26-20(25)12-6-8-13(9-7-12)23-18-14-4-2-10-21-16(14)17-15(19(18)24)5-3-11-22-17/h2-11,18-19,23-24H,1H3. The van der Waals surface area contributed by atoms with Crippen molar-refractivity contribution < 1.29 is 14.6 Å². The SMILES string of the molecule is COC(=O)c1ccc(NC2c3cccnc3-c3ncccc3C2O)cc1. The minimum absolute atomic E-state index is 0.376. The first-order valence-electron chi connectivity index (χ1n) is 8.22. The minimum Gasteiger partial charge on any atom is -0.465 e. The number of aliphatic hydroxyl groups is 1. The lowest BCUT2D eigenvalue weighted by molar-refractivity contribution is 0.0600. The largest absolute Gasteiger partial charge is 0.465 e. The van der Waals surface area contributed by atoms with E-state index in [1.807, 2.05) is 18.2 Å². The van der Waals surface area contributed by atoms with Crippen LogP contribution in [-0.4, -0.2) is 28.2 Å². The molecular weight excluding hydrogens is 330 g/mol. The van der Waals surface area contributed by atoms with Crippen LogP contribution >= 0.6 is 0 Å². The molecule has 4 rings (SSSR count). The van der Waals surface area contributed by atoms with Gasteiger partial charge in [0.2, 0.25) is 0 Å². The fourth-order valence-electron chi connectivity index (χ4n) is 3.23. The zero-order chi connectivity index (χ0) is 18.1. The molecule has 2 aromatic heterocycles. The maximum atomic E-state index is 11.6. The van der Waals surface area contributed by atoms with Gasteiger partial charge in [-0.05, 0) is 36.4 Å². The third-order valence-electron chi connectivity index (χ3n) is 4.50. The average Bonchev–Trinajstić information content (AvgIpc) is 2.71. The molecule has 0 radical (unpaired) electrons. The number of esters is 1. The Hall–Kier alpha value is -3.25. The smallest absolute Gasteiger partial charge is 0.337 e. The Morgan fingerprint density at radius 1 is 1.00 bits per heavy atom. The van der Waals surface area contributed by atoms with Crippen LogP contribution in [0, 0.1) is 0 Å². The van der Waals surface area contributed by atoms with E-state index in [9.17, 15) is 9.90 Å². The Balaban J connectivity index is 1.70. The maximum absolute atomic E-state index is 11.6. The molecule has 26 heavy (non-hydrogen) atoms. The zero-order valence-electron chi connectivity index (χ0n) is 14.1. The van der Waals surface area contributed by atoms with Crippen LogP contribution in [-0.2, 0) is 4.74 Å². The first-order chi connectivity index (χ1) is 12.7. The maximum Gasteiger partial charge on any atom is 0.337 e. The first-order valence-corrected chi connectivity index (χ1v) is 8.22. The van der Waals surface area contributed by atoms with Gasteiger partial charge in [0.1, 0.15) is 6.10 Å². The third kappa shape index (κ3) is 2.70. The van der Waals surface area contributed by atoms with Crippen molar-refractivity contribution in [3.63, 3.8) is 0 Å². The zero-order valence-corrected chi connectivity index (χ0v) is 14.1. The van der Waals surface area contributed by atoms with Crippen LogP contribution in [0.3, 0.4) is 0 Å². The summed E-state index contributed by atoms with van der Waals surface area (Å²) in [4.78, 5) is 20.4. The molecule has 6 heteroatoms. The molecule has 0 spiro atoms. The van der Waals surface area contributed by atoms with E-state index >= 15 is 0 Å². The summed E-state index contributed by atoms with van der Waals surface area (Å²) in [6.45, 7) is 0. The number of anilines is 1. The summed E-state index contributed by atoms with van der Waals surface area (Å²) in [5, 5.41) is 14.2. The number of benzene rings is 1. The van der Waals surface area contributed by atoms with E-state index in [4.69, 9.17) is 4.74 Å². The highest BCUT2D eigenvalue weighted by Crippen LogP contribution is 2.43. The summed E-state index contributed by atoms with van der Waals surface area (Å²) < 4.78 is 4.71. The number of carbonyl (C=O) groups excluding carboxylic acids is 1. The van der Waals surface area contributed by atoms with Crippen LogP contribution in [0.1, 0.15) is 33.6 Å². The van der Waals surface area contributed by atoms with Crippen molar-refractivity contribution in [1.82, 2.24) is 9.97 Å². The van der Waals surface area contributed by atoms with Crippen molar-refractivity contribution in [3.8, 4) is 11.4 Å². The lowest BCUT2D eigenvalue weighted by Crippen LogP contribution is -2.25. The molecule has 2 atom stereocenters. The summed E-state index contributed by atoms with van der Waals surface area (Å²) in [6, 6.07) is 14.0. The van der Waals surface area contributed by atoms with Gasteiger partial charge in [0.25, 0.3) is 0 Å². The molecule has 0 saturated carbocycles. The lowest BCUT2D eigenvalue weighted by Gasteiger charge is -2.32. The molecule has 0 bridgehead atoms. The van der Waals surface area contributed by atoms with Gasteiger partial charge in [-0.1, -0.05) is 12.1 Å². The second kappa shape index (κ2) is 6.57. The molecule has 1 aromatic carbocycles. The van der Waals surface area contributed by atoms with E-state index in [2.05, 4.69) is 15.3 Å². The van der Waals surface area contributed by atoms with Crippen molar-refractivity contribution in [2.45, 2.75) is 12.1 Å². The molecule has 0 aliphatic heterocycles. The Morgan fingerprint density at radius 2 is 1.62 bits per heavy atom. The molecule has 0 amide bonds. The van der Waals surface area contributed by atoms with Crippen molar-refractivity contribution >= 4 is 11.7 Å². The van der Waals surface area contributed by atoms with Crippen molar-refractivity contribution in [3.05, 3.63) is 77.6 Å². The number of carbonyl (C=O) groups is 1. The Morgan fingerprint density at radius 3 is 2.27 bits per heavy atom. The number of nitrogens with one attached hydrogen (secondary N) is 1. The van der Waals surface area contributed by atoms with Crippen LogP contribution in [0.4, 0.5) is 5.69 Å². The quantitative estimate of drug-likeness (QED) is 0.708. The summed E-state index contributed by atoms with van der Waals surface area (Å²) in [7, 11) is 1.35. The number of hydrogen-bond acceptors (Lipinski definition) is 6. The fraction of sp³-hybridized carbons (Fsp3) is 0.150. The van der Waals surface area contributed by atoms with Crippen LogP contribution < -0.4 is 5.32 Å². The highest BCUT2D eigenvalue weighted by molar-refractivity contribution is 5.89. The Kier molecular flexibility index (Phi) is 4.10. The highest BCUT2D eigenvalue weighted by Gasteiger charge is 2.33. The van der Waals surface area contributed by atoms with E-state index in [0.717, 1.165) is 22.5 Å². The molecule has 2 N–H and O–H groups in total. The van der Waals surface area contributed by atoms with Crippen LogP contribution in [0.15, 0.2) is 60.9 Å². The number of rotatable bonds is 3. The monoisotopic (exact) mass is 347 g/mol. The van der Waals surface area contributed by atoms with Crippen molar-refractivity contribution in [1.29, 1.82) is 0 Å². The van der Waals surface area contributed by atoms with Crippen molar-refractivity contribution in [2.24, 2.45) is 0 Å². The number of methoxy groups -OCH3 is 1. The average molecular weight is 347 g/mol. The molecule has 1 aliphatic carbocycles. The Labute approximate surface area is 150 Å². The second-order valence-electron chi connectivity index (χ2n) is 6.02. The molecule has 1 aliphatic rings. The fourth-order valence-corrected chi connectivity index (χ4v) is 3.23. The number of ether oxygens (including phenoxy) is 1. The Bertz CT molecular complexity index is 957. The number of hydrogen-bond donors (Lipinski definition) is 2. The van der Waals surface area contributed by atoms with E-state index in [1.54, 1.807) is 42.7 Å². The van der Waals surface area contributed by atoms with E-state index in [0.29, 0.717) is 11.3 Å². The topological polar surface area (TPSA) is 84.3 Å². The molecule has 0 saturated heterocycles. The number of aromatic nitrogens is 2. The second-order valence-corrected chi connectivity index (χ2v) is 6.02. The minimum atomic E-state index is -0.768. The lowest BCUT2D eigenvalue weighted by atomic mass is 9.86. The molecule has 6 nitrogen and oxygen atoms in total. The molecule has 0 fully saturated rings. The summed E-state index contributed by atoms with van der Waals surface area (Å²) in [5.41, 5.74) is 4.33. The van der Waals surface area contributed by atoms with Crippen LogP contribution in [0.2, 0.25) is 0 Å². The summed E-state index contributed by atoms with van der Waals surface area (Å²) >= 11 is 0. The first kappa shape index (κ1) is 16.2. The van der Waals surface area contributed by atoms with Crippen LogP contribution in [0.5, 0.6) is 0 Å². The predicted molar refractivity (Wildman–Crippen MR) is 96.6 cm³/mol. The summed E-state index contributed by atoms with van der Waals surface area (Å²) in [6.07, 6.45) is 2.65. The third-order valence-corrected chi connectivity index (χ3v) is 4.50. The summed E-state index contributed by atoms with van der Waals surface area (Å²) in [5.74, 6) is -0.385. The number of fused-ring (bicyclic) bond motifs is 3. The molecule has 3 aromatic rings. The molecule has 2 heterocycles. The van der Waals surface area contributed by atoms with Gasteiger partial charge >= 0.3 is 5.97 Å². The van der Waals surface area contributed by atoms with Gasteiger partial charge in [0, 0.05) is 29.2 Å². The van der Waals surface area contributed by atoms with Gasteiger partial charge in [0.15, 0.2) is 0 Å². The van der Waals surface area contributed by atoms with Gasteiger partial charge in [-0.2, -0.15) is 0 Å². The van der Waals surface area contributed by atoms with Crippen molar-refractivity contribution in [2.75, 3.05) is 12.4 Å². The molecule has 2 unspecified atom stereocenters. The molecular formula is C20H17N3O3. The van der Waals surface area contributed by atoms with E-state index < -0.39 is 6.10 Å².